The van der Waals surface area contributed by atoms with Crippen molar-refractivity contribution >= 4 is 5.91 Å². The summed E-state index contributed by atoms with van der Waals surface area (Å²) in [5.74, 6) is 0.265. The lowest BCUT2D eigenvalue weighted by molar-refractivity contribution is -0.126. The second-order valence-corrected chi connectivity index (χ2v) is 5.18. The van der Waals surface area contributed by atoms with E-state index in [2.05, 4.69) is 17.4 Å². The highest BCUT2D eigenvalue weighted by Gasteiger charge is 2.34. The van der Waals surface area contributed by atoms with Crippen LogP contribution in [0.15, 0.2) is 30.3 Å². The molecular formula is C15H21NO3. The van der Waals surface area contributed by atoms with Gasteiger partial charge in [0.15, 0.2) is 0 Å². The number of ether oxygens (including phenoxy) is 1. The van der Waals surface area contributed by atoms with Crippen molar-refractivity contribution in [3.8, 4) is 0 Å². The maximum Gasteiger partial charge on any atom is 0.246 e. The number of amides is 1. The molecule has 104 valence electrons. The Labute approximate surface area is 113 Å². The first-order chi connectivity index (χ1) is 9.19. The summed E-state index contributed by atoms with van der Waals surface area (Å²) in [6.45, 7) is 0.0839. The van der Waals surface area contributed by atoms with Crippen molar-refractivity contribution in [2.45, 2.75) is 31.4 Å². The van der Waals surface area contributed by atoms with Gasteiger partial charge in [0.2, 0.25) is 5.91 Å². The van der Waals surface area contributed by atoms with Gasteiger partial charge in [0.05, 0.1) is 6.10 Å². The fraction of sp³-hybridized carbons (Fsp3) is 0.533. The average Bonchev–Trinajstić information content (AvgIpc) is 2.36. The molecule has 1 saturated carbocycles. The number of aliphatic hydroxyl groups is 1. The lowest BCUT2D eigenvalue weighted by atomic mass is 9.75. The standard InChI is InChI=1S/C15H21NO3/c1-19-10-15(18)16-14(12-8-13(17)9-12)7-11-5-3-2-4-6-11/h2-6,12-14,17H,7-10H2,1H3,(H,16,18)/t12?,13?,14-/m1/s1. The van der Waals surface area contributed by atoms with Crippen LogP contribution in [-0.2, 0) is 16.0 Å². The molecule has 1 aromatic rings. The Morgan fingerprint density at radius 2 is 2.11 bits per heavy atom. The van der Waals surface area contributed by atoms with Crippen molar-refractivity contribution in [3.63, 3.8) is 0 Å². The summed E-state index contributed by atoms with van der Waals surface area (Å²) in [6, 6.07) is 10.2. The summed E-state index contributed by atoms with van der Waals surface area (Å²) in [5, 5.41) is 12.4. The smallest absolute Gasteiger partial charge is 0.246 e. The van der Waals surface area contributed by atoms with Crippen molar-refractivity contribution in [2.24, 2.45) is 5.92 Å². The Balaban J connectivity index is 1.96. The lowest BCUT2D eigenvalue weighted by Gasteiger charge is -2.38. The van der Waals surface area contributed by atoms with Gasteiger partial charge in [-0.3, -0.25) is 4.79 Å². The molecule has 0 heterocycles. The monoisotopic (exact) mass is 263 g/mol. The third-order valence-corrected chi connectivity index (χ3v) is 3.64. The summed E-state index contributed by atoms with van der Waals surface area (Å²) < 4.78 is 4.85. The average molecular weight is 263 g/mol. The largest absolute Gasteiger partial charge is 0.393 e. The van der Waals surface area contributed by atoms with Crippen LogP contribution in [0.2, 0.25) is 0 Å². The lowest BCUT2D eigenvalue weighted by Crippen LogP contribution is -2.49. The zero-order valence-electron chi connectivity index (χ0n) is 11.2. The number of carbonyl (C=O) groups is 1. The molecule has 1 aromatic carbocycles. The summed E-state index contributed by atoms with van der Waals surface area (Å²) >= 11 is 0. The minimum atomic E-state index is -0.206. The van der Waals surface area contributed by atoms with E-state index >= 15 is 0 Å². The molecule has 19 heavy (non-hydrogen) atoms. The van der Waals surface area contributed by atoms with Crippen LogP contribution in [0.1, 0.15) is 18.4 Å². The molecule has 1 amide bonds. The topological polar surface area (TPSA) is 58.6 Å². The summed E-state index contributed by atoms with van der Waals surface area (Å²) in [5.41, 5.74) is 1.20. The van der Waals surface area contributed by atoms with Crippen LogP contribution >= 0.6 is 0 Å². The quantitative estimate of drug-likeness (QED) is 0.809. The van der Waals surface area contributed by atoms with Crippen molar-refractivity contribution < 1.29 is 14.6 Å². The van der Waals surface area contributed by atoms with Gasteiger partial charge in [-0.1, -0.05) is 30.3 Å². The number of hydrogen-bond acceptors (Lipinski definition) is 3. The number of methoxy groups -OCH3 is 1. The predicted molar refractivity (Wildman–Crippen MR) is 72.7 cm³/mol. The normalized spacial score (nSPS) is 23.5. The van der Waals surface area contributed by atoms with Crippen LogP contribution in [0.3, 0.4) is 0 Å². The highest BCUT2D eigenvalue weighted by Crippen LogP contribution is 2.31. The molecule has 4 nitrogen and oxygen atoms in total. The van der Waals surface area contributed by atoms with Crippen molar-refractivity contribution in [1.82, 2.24) is 5.32 Å². The van der Waals surface area contributed by atoms with E-state index in [1.54, 1.807) is 0 Å². The molecule has 0 radical (unpaired) electrons. The van der Waals surface area contributed by atoms with Gasteiger partial charge in [-0.25, -0.2) is 0 Å². The first-order valence-electron chi connectivity index (χ1n) is 6.69. The van der Waals surface area contributed by atoms with E-state index in [4.69, 9.17) is 4.74 Å². The van der Waals surface area contributed by atoms with E-state index < -0.39 is 0 Å². The molecule has 0 spiro atoms. The Morgan fingerprint density at radius 1 is 1.42 bits per heavy atom. The molecule has 0 unspecified atom stereocenters. The highest BCUT2D eigenvalue weighted by molar-refractivity contribution is 5.77. The number of hydrogen-bond donors (Lipinski definition) is 2. The minimum Gasteiger partial charge on any atom is -0.393 e. The predicted octanol–water partition coefficient (Wildman–Crippen LogP) is 1.13. The van der Waals surface area contributed by atoms with Gasteiger partial charge in [-0.15, -0.1) is 0 Å². The Bertz CT molecular complexity index is 401. The van der Waals surface area contributed by atoms with E-state index in [1.807, 2.05) is 18.2 Å². The van der Waals surface area contributed by atoms with E-state index in [1.165, 1.54) is 12.7 Å². The Kier molecular flexibility index (Phi) is 4.93. The summed E-state index contributed by atoms with van der Waals surface area (Å²) in [6.07, 6.45) is 2.13. The zero-order valence-corrected chi connectivity index (χ0v) is 11.2. The second-order valence-electron chi connectivity index (χ2n) is 5.18. The van der Waals surface area contributed by atoms with E-state index in [9.17, 15) is 9.90 Å². The van der Waals surface area contributed by atoms with Gasteiger partial charge in [0.25, 0.3) is 0 Å². The first kappa shape index (κ1) is 14.0. The number of nitrogens with one attached hydrogen (secondary N) is 1. The molecular weight excluding hydrogens is 242 g/mol. The van der Waals surface area contributed by atoms with Crippen LogP contribution in [0.25, 0.3) is 0 Å². The first-order valence-corrected chi connectivity index (χ1v) is 6.69. The maximum absolute atomic E-state index is 11.7. The van der Waals surface area contributed by atoms with Gasteiger partial charge in [0, 0.05) is 13.2 Å². The van der Waals surface area contributed by atoms with Gasteiger partial charge in [-0.2, -0.15) is 0 Å². The van der Waals surface area contributed by atoms with E-state index in [0.29, 0.717) is 5.92 Å². The molecule has 2 N–H and O–H groups in total. The highest BCUT2D eigenvalue weighted by atomic mass is 16.5. The third kappa shape index (κ3) is 4.04. The van der Waals surface area contributed by atoms with Crippen molar-refractivity contribution in [2.75, 3.05) is 13.7 Å². The minimum absolute atomic E-state index is 0.0773. The maximum atomic E-state index is 11.7. The number of carbonyl (C=O) groups excluding carboxylic acids is 1. The molecule has 2 rings (SSSR count). The molecule has 0 bridgehead atoms. The van der Waals surface area contributed by atoms with Crippen molar-refractivity contribution in [3.05, 3.63) is 35.9 Å². The van der Waals surface area contributed by atoms with Gasteiger partial charge >= 0.3 is 0 Å². The Hall–Kier alpha value is -1.39. The Morgan fingerprint density at radius 3 is 2.68 bits per heavy atom. The molecule has 1 aliphatic rings. The van der Waals surface area contributed by atoms with Crippen LogP contribution in [0.5, 0.6) is 0 Å². The molecule has 0 aromatic heterocycles. The van der Waals surface area contributed by atoms with Crippen molar-refractivity contribution in [1.29, 1.82) is 0 Å². The summed E-state index contributed by atoms with van der Waals surface area (Å²) in [7, 11) is 1.51. The molecule has 1 atom stereocenters. The zero-order chi connectivity index (χ0) is 13.7. The SMILES string of the molecule is COCC(=O)N[C@H](Cc1ccccc1)C1CC(O)C1. The fourth-order valence-electron chi connectivity index (χ4n) is 2.54. The van der Waals surface area contributed by atoms with Gasteiger partial charge in [0.1, 0.15) is 6.61 Å². The van der Waals surface area contributed by atoms with Crippen LogP contribution < -0.4 is 5.32 Å². The third-order valence-electron chi connectivity index (χ3n) is 3.64. The molecule has 1 aliphatic carbocycles. The summed E-state index contributed by atoms with van der Waals surface area (Å²) in [4.78, 5) is 11.7. The van der Waals surface area contributed by atoms with Crippen LogP contribution in [0, 0.1) is 5.92 Å². The van der Waals surface area contributed by atoms with Crippen LogP contribution in [-0.4, -0.2) is 36.9 Å². The van der Waals surface area contributed by atoms with E-state index in [-0.39, 0.29) is 24.7 Å². The van der Waals surface area contributed by atoms with E-state index in [0.717, 1.165) is 19.3 Å². The van der Waals surface area contributed by atoms with Gasteiger partial charge in [-0.05, 0) is 30.7 Å². The number of aliphatic hydroxyl groups excluding tert-OH is 1. The molecule has 4 heteroatoms. The number of rotatable bonds is 6. The molecule has 1 fully saturated rings. The fourth-order valence-corrected chi connectivity index (χ4v) is 2.54. The molecule has 0 saturated heterocycles. The molecule has 0 aliphatic heterocycles. The number of benzene rings is 1. The van der Waals surface area contributed by atoms with Gasteiger partial charge < -0.3 is 15.2 Å². The second kappa shape index (κ2) is 6.68. The van der Waals surface area contributed by atoms with Crippen LogP contribution in [0.4, 0.5) is 0 Å².